The molecule has 1 aliphatic carbocycles. The first kappa shape index (κ1) is 20.9. The van der Waals surface area contributed by atoms with Crippen LogP contribution in [0.2, 0.25) is 0 Å². The standard InChI is InChI=1S/C24H36N2O2/c1-3-18(2)22(25-23(27)21-11-7-8-12-21)24(28)26-15-13-20(14-16-26)17-19-9-5-4-6-10-19/h4-6,9-10,18,20-22H,3,7-8,11-17H2,1-2H3,(H,25,27). The summed E-state index contributed by atoms with van der Waals surface area (Å²) >= 11 is 0. The van der Waals surface area contributed by atoms with E-state index in [0.717, 1.165) is 64.5 Å². The van der Waals surface area contributed by atoms with Crippen LogP contribution in [0.1, 0.15) is 64.4 Å². The van der Waals surface area contributed by atoms with Gasteiger partial charge in [0.1, 0.15) is 6.04 Å². The van der Waals surface area contributed by atoms with E-state index in [0.29, 0.717) is 5.92 Å². The van der Waals surface area contributed by atoms with Crippen LogP contribution < -0.4 is 5.32 Å². The average Bonchev–Trinajstić information content (AvgIpc) is 3.27. The van der Waals surface area contributed by atoms with E-state index in [9.17, 15) is 9.59 Å². The third-order valence-corrected chi connectivity index (χ3v) is 6.80. The van der Waals surface area contributed by atoms with Crippen LogP contribution in [0.25, 0.3) is 0 Å². The Balaban J connectivity index is 1.54. The first-order valence-electron chi connectivity index (χ1n) is 11.2. The second-order valence-corrected chi connectivity index (χ2v) is 8.81. The Labute approximate surface area is 170 Å². The maximum absolute atomic E-state index is 13.2. The molecule has 2 amide bonds. The number of rotatable bonds is 7. The molecule has 2 aliphatic rings. The molecule has 0 bridgehead atoms. The lowest BCUT2D eigenvalue weighted by Gasteiger charge is -2.36. The Morgan fingerprint density at radius 1 is 1.07 bits per heavy atom. The van der Waals surface area contributed by atoms with Gasteiger partial charge >= 0.3 is 0 Å². The van der Waals surface area contributed by atoms with Gasteiger partial charge in [0.25, 0.3) is 0 Å². The van der Waals surface area contributed by atoms with Crippen LogP contribution in [-0.4, -0.2) is 35.8 Å². The van der Waals surface area contributed by atoms with E-state index in [2.05, 4.69) is 49.5 Å². The Bertz CT molecular complexity index is 631. The van der Waals surface area contributed by atoms with E-state index in [-0.39, 0.29) is 29.7 Å². The highest BCUT2D eigenvalue weighted by molar-refractivity contribution is 5.89. The number of benzene rings is 1. The Morgan fingerprint density at radius 3 is 2.32 bits per heavy atom. The van der Waals surface area contributed by atoms with Crippen LogP contribution in [0.15, 0.2) is 30.3 Å². The van der Waals surface area contributed by atoms with Crippen LogP contribution in [-0.2, 0) is 16.0 Å². The zero-order chi connectivity index (χ0) is 19.9. The number of amides is 2. The van der Waals surface area contributed by atoms with Crippen molar-refractivity contribution in [2.45, 2.75) is 71.3 Å². The summed E-state index contributed by atoms with van der Waals surface area (Å²) in [4.78, 5) is 27.9. The monoisotopic (exact) mass is 384 g/mol. The molecule has 1 aliphatic heterocycles. The molecule has 1 saturated carbocycles. The molecule has 154 valence electrons. The van der Waals surface area contributed by atoms with Crippen molar-refractivity contribution in [2.24, 2.45) is 17.8 Å². The van der Waals surface area contributed by atoms with Gasteiger partial charge in [0.05, 0.1) is 0 Å². The highest BCUT2D eigenvalue weighted by Crippen LogP contribution is 2.26. The first-order valence-corrected chi connectivity index (χ1v) is 11.2. The van der Waals surface area contributed by atoms with Crippen molar-refractivity contribution in [3.8, 4) is 0 Å². The third-order valence-electron chi connectivity index (χ3n) is 6.80. The molecule has 2 fully saturated rings. The van der Waals surface area contributed by atoms with Gasteiger partial charge in [-0.1, -0.05) is 63.4 Å². The lowest BCUT2D eigenvalue weighted by molar-refractivity contribution is -0.140. The van der Waals surface area contributed by atoms with Gasteiger partial charge in [-0.15, -0.1) is 0 Å². The summed E-state index contributed by atoms with van der Waals surface area (Å²) < 4.78 is 0. The SMILES string of the molecule is CCC(C)C(NC(=O)C1CCCC1)C(=O)N1CCC(Cc2ccccc2)CC1. The normalized spacial score (nSPS) is 20.7. The predicted octanol–water partition coefficient (Wildman–Crippen LogP) is 4.19. The van der Waals surface area contributed by atoms with Crippen LogP contribution >= 0.6 is 0 Å². The van der Waals surface area contributed by atoms with Crippen molar-refractivity contribution >= 4 is 11.8 Å². The second-order valence-electron chi connectivity index (χ2n) is 8.81. The summed E-state index contributed by atoms with van der Waals surface area (Å²) in [7, 11) is 0. The number of hydrogen-bond acceptors (Lipinski definition) is 2. The van der Waals surface area contributed by atoms with Gasteiger partial charge in [0, 0.05) is 19.0 Å². The predicted molar refractivity (Wildman–Crippen MR) is 113 cm³/mol. The molecule has 0 aromatic heterocycles. The molecule has 28 heavy (non-hydrogen) atoms. The highest BCUT2D eigenvalue weighted by atomic mass is 16.2. The molecule has 4 heteroatoms. The maximum atomic E-state index is 13.2. The van der Waals surface area contributed by atoms with Crippen LogP contribution in [0.4, 0.5) is 0 Å². The molecule has 3 rings (SSSR count). The Morgan fingerprint density at radius 2 is 1.71 bits per heavy atom. The van der Waals surface area contributed by atoms with Crippen molar-refractivity contribution in [1.29, 1.82) is 0 Å². The van der Waals surface area contributed by atoms with Crippen molar-refractivity contribution in [1.82, 2.24) is 10.2 Å². The Hall–Kier alpha value is -1.84. The van der Waals surface area contributed by atoms with E-state index in [1.807, 2.05) is 4.90 Å². The summed E-state index contributed by atoms with van der Waals surface area (Å²) in [5, 5.41) is 3.13. The number of nitrogens with zero attached hydrogens (tertiary/aromatic N) is 1. The summed E-state index contributed by atoms with van der Waals surface area (Å²) in [5.74, 6) is 1.13. The van der Waals surface area contributed by atoms with E-state index in [1.54, 1.807) is 0 Å². The molecule has 0 radical (unpaired) electrons. The number of likely N-dealkylation sites (tertiary alicyclic amines) is 1. The number of carbonyl (C=O) groups is 2. The van der Waals surface area contributed by atoms with Gasteiger partial charge in [-0.3, -0.25) is 9.59 Å². The summed E-state index contributed by atoms with van der Waals surface area (Å²) in [6, 6.07) is 10.3. The summed E-state index contributed by atoms with van der Waals surface area (Å²) in [6.45, 7) is 5.80. The minimum absolute atomic E-state index is 0.0927. The summed E-state index contributed by atoms with van der Waals surface area (Å²) in [5.41, 5.74) is 1.38. The molecule has 1 N–H and O–H groups in total. The topological polar surface area (TPSA) is 49.4 Å². The van der Waals surface area contributed by atoms with Gasteiger partial charge < -0.3 is 10.2 Å². The zero-order valence-corrected chi connectivity index (χ0v) is 17.5. The van der Waals surface area contributed by atoms with Gasteiger partial charge in [0.15, 0.2) is 0 Å². The van der Waals surface area contributed by atoms with Crippen LogP contribution in [0.5, 0.6) is 0 Å². The van der Waals surface area contributed by atoms with Crippen molar-refractivity contribution in [3.63, 3.8) is 0 Å². The molecule has 1 heterocycles. The molecule has 0 spiro atoms. The largest absolute Gasteiger partial charge is 0.344 e. The highest BCUT2D eigenvalue weighted by Gasteiger charge is 2.34. The van der Waals surface area contributed by atoms with E-state index >= 15 is 0 Å². The number of nitrogens with one attached hydrogen (secondary N) is 1. The van der Waals surface area contributed by atoms with Gasteiger partial charge in [-0.25, -0.2) is 0 Å². The molecule has 4 nitrogen and oxygen atoms in total. The van der Waals surface area contributed by atoms with E-state index < -0.39 is 0 Å². The summed E-state index contributed by atoms with van der Waals surface area (Å²) in [6.07, 6.45) is 8.29. The maximum Gasteiger partial charge on any atom is 0.245 e. The fourth-order valence-corrected chi connectivity index (χ4v) is 4.64. The zero-order valence-electron chi connectivity index (χ0n) is 17.5. The molecular weight excluding hydrogens is 348 g/mol. The van der Waals surface area contributed by atoms with Crippen molar-refractivity contribution in [2.75, 3.05) is 13.1 Å². The molecular formula is C24H36N2O2. The minimum Gasteiger partial charge on any atom is -0.344 e. The second kappa shape index (κ2) is 10.1. The molecule has 1 aromatic rings. The first-order chi connectivity index (χ1) is 13.6. The quantitative estimate of drug-likeness (QED) is 0.766. The molecule has 2 atom stereocenters. The van der Waals surface area contributed by atoms with E-state index in [1.165, 1.54) is 5.56 Å². The number of hydrogen-bond donors (Lipinski definition) is 1. The van der Waals surface area contributed by atoms with Crippen LogP contribution in [0.3, 0.4) is 0 Å². The lowest BCUT2D eigenvalue weighted by atomic mass is 9.89. The van der Waals surface area contributed by atoms with Crippen LogP contribution in [0, 0.1) is 17.8 Å². The number of piperidine rings is 1. The fraction of sp³-hybridized carbons (Fsp3) is 0.667. The van der Waals surface area contributed by atoms with Gasteiger partial charge in [-0.05, 0) is 49.5 Å². The average molecular weight is 385 g/mol. The smallest absolute Gasteiger partial charge is 0.245 e. The Kier molecular flexibility index (Phi) is 7.52. The van der Waals surface area contributed by atoms with E-state index in [4.69, 9.17) is 0 Å². The molecule has 2 unspecified atom stereocenters. The minimum atomic E-state index is -0.372. The lowest BCUT2D eigenvalue weighted by Crippen LogP contribution is -2.54. The number of carbonyl (C=O) groups excluding carboxylic acids is 2. The fourth-order valence-electron chi connectivity index (χ4n) is 4.64. The van der Waals surface area contributed by atoms with Crippen molar-refractivity contribution in [3.05, 3.63) is 35.9 Å². The molecule has 1 saturated heterocycles. The van der Waals surface area contributed by atoms with Gasteiger partial charge in [-0.2, -0.15) is 0 Å². The third kappa shape index (κ3) is 5.36. The van der Waals surface area contributed by atoms with Gasteiger partial charge in [0.2, 0.25) is 11.8 Å². The van der Waals surface area contributed by atoms with Crippen molar-refractivity contribution < 1.29 is 9.59 Å². The molecule has 1 aromatic carbocycles.